The average molecular weight is 290 g/mol. The van der Waals surface area contributed by atoms with Crippen molar-refractivity contribution in [3.63, 3.8) is 0 Å². The highest BCUT2D eigenvalue weighted by atomic mass is 19.4. The fraction of sp³-hybridized carbons (Fsp3) is 0.333. The van der Waals surface area contributed by atoms with E-state index in [4.69, 9.17) is 5.11 Å². The molecule has 20 heavy (non-hydrogen) atoms. The van der Waals surface area contributed by atoms with Gasteiger partial charge in [-0.05, 0) is 17.7 Å². The molecule has 0 bridgehead atoms. The molecule has 5 nitrogen and oxygen atoms in total. The topological polar surface area (TPSA) is 78.4 Å². The summed E-state index contributed by atoms with van der Waals surface area (Å²) in [6.07, 6.45) is -5.63. The van der Waals surface area contributed by atoms with Crippen molar-refractivity contribution < 1.29 is 27.9 Å². The normalized spacial score (nSPS) is 10.9. The number of carboxylic acids is 1. The molecule has 1 rings (SSSR count). The van der Waals surface area contributed by atoms with Gasteiger partial charge in [0.15, 0.2) is 0 Å². The van der Waals surface area contributed by atoms with Crippen molar-refractivity contribution in [1.29, 1.82) is 0 Å². The van der Waals surface area contributed by atoms with Crippen molar-refractivity contribution in [2.75, 3.05) is 11.9 Å². The standard InChI is InChI=1S/C12H13F3N2O3/c13-12(14,15)7-8-2-1-3-9(6-8)17-11(20)16-5-4-10(18)19/h1-3,6H,4-5,7H2,(H,18,19)(H2,16,17,20). The molecule has 8 heteroatoms. The molecule has 0 unspecified atom stereocenters. The third kappa shape index (κ3) is 6.62. The molecule has 0 saturated carbocycles. The van der Waals surface area contributed by atoms with Crippen LogP contribution in [0.25, 0.3) is 0 Å². The minimum atomic E-state index is -4.32. The predicted molar refractivity (Wildman–Crippen MR) is 65.5 cm³/mol. The lowest BCUT2D eigenvalue weighted by Crippen LogP contribution is -2.30. The van der Waals surface area contributed by atoms with Crippen LogP contribution in [0, 0.1) is 0 Å². The lowest BCUT2D eigenvalue weighted by molar-refractivity contribution is -0.136. The summed E-state index contributed by atoms with van der Waals surface area (Å²) in [5.41, 5.74) is 0.236. The van der Waals surface area contributed by atoms with Crippen molar-refractivity contribution in [3.8, 4) is 0 Å². The molecule has 3 N–H and O–H groups in total. The lowest BCUT2D eigenvalue weighted by Gasteiger charge is -2.10. The van der Waals surface area contributed by atoms with Crippen LogP contribution >= 0.6 is 0 Å². The van der Waals surface area contributed by atoms with Crippen LogP contribution < -0.4 is 10.6 Å². The number of aliphatic carboxylic acids is 1. The van der Waals surface area contributed by atoms with E-state index in [9.17, 15) is 22.8 Å². The summed E-state index contributed by atoms with van der Waals surface area (Å²) in [7, 11) is 0. The molecule has 0 fully saturated rings. The van der Waals surface area contributed by atoms with Gasteiger partial charge in [0.2, 0.25) is 0 Å². The number of carboxylic acid groups (broad SMARTS) is 1. The summed E-state index contributed by atoms with van der Waals surface area (Å²) in [4.78, 5) is 21.6. The summed E-state index contributed by atoms with van der Waals surface area (Å²) in [5.74, 6) is -1.06. The summed E-state index contributed by atoms with van der Waals surface area (Å²) in [6.45, 7) is -0.0661. The number of alkyl halides is 3. The van der Waals surface area contributed by atoms with E-state index in [0.717, 1.165) is 0 Å². The minimum Gasteiger partial charge on any atom is -0.481 e. The molecule has 0 atom stereocenters. The van der Waals surface area contributed by atoms with Crippen LogP contribution in [0.2, 0.25) is 0 Å². The lowest BCUT2D eigenvalue weighted by atomic mass is 10.1. The first-order valence-electron chi connectivity index (χ1n) is 5.68. The van der Waals surface area contributed by atoms with E-state index in [-0.39, 0.29) is 24.2 Å². The van der Waals surface area contributed by atoms with E-state index in [1.54, 1.807) is 0 Å². The summed E-state index contributed by atoms with van der Waals surface area (Å²) < 4.78 is 36.7. The van der Waals surface area contributed by atoms with Gasteiger partial charge in [0.25, 0.3) is 0 Å². The number of carbonyl (C=O) groups is 2. The van der Waals surface area contributed by atoms with E-state index in [0.29, 0.717) is 0 Å². The maximum absolute atomic E-state index is 12.2. The van der Waals surface area contributed by atoms with Crippen LogP contribution in [-0.4, -0.2) is 29.8 Å². The number of hydrogen-bond donors (Lipinski definition) is 3. The fourth-order valence-electron chi connectivity index (χ4n) is 1.45. The van der Waals surface area contributed by atoms with E-state index >= 15 is 0 Å². The van der Waals surface area contributed by atoms with Crippen molar-refractivity contribution in [2.45, 2.75) is 19.0 Å². The van der Waals surface area contributed by atoms with Crippen molar-refractivity contribution >= 4 is 17.7 Å². The van der Waals surface area contributed by atoms with Gasteiger partial charge in [0.1, 0.15) is 0 Å². The first-order chi connectivity index (χ1) is 9.26. The zero-order valence-electron chi connectivity index (χ0n) is 10.3. The van der Waals surface area contributed by atoms with Crippen molar-refractivity contribution in [3.05, 3.63) is 29.8 Å². The van der Waals surface area contributed by atoms with Gasteiger partial charge >= 0.3 is 18.2 Å². The van der Waals surface area contributed by atoms with Gasteiger partial charge in [-0.15, -0.1) is 0 Å². The number of hydrogen-bond acceptors (Lipinski definition) is 2. The fourth-order valence-corrected chi connectivity index (χ4v) is 1.45. The second kappa shape index (κ2) is 6.78. The highest BCUT2D eigenvalue weighted by molar-refractivity contribution is 5.89. The Bertz CT molecular complexity index is 489. The van der Waals surface area contributed by atoms with E-state index in [2.05, 4.69) is 10.6 Å². The molecule has 0 aliphatic rings. The third-order valence-corrected chi connectivity index (χ3v) is 2.21. The zero-order valence-corrected chi connectivity index (χ0v) is 10.3. The molecular weight excluding hydrogens is 277 g/mol. The molecule has 1 aromatic rings. The molecule has 0 aromatic heterocycles. The highest BCUT2D eigenvalue weighted by Gasteiger charge is 2.27. The van der Waals surface area contributed by atoms with Gasteiger partial charge in [-0.1, -0.05) is 12.1 Å². The molecule has 0 radical (unpaired) electrons. The van der Waals surface area contributed by atoms with Crippen molar-refractivity contribution in [1.82, 2.24) is 5.32 Å². The number of urea groups is 1. The molecule has 2 amide bonds. The molecule has 0 saturated heterocycles. The first-order valence-corrected chi connectivity index (χ1v) is 5.68. The summed E-state index contributed by atoms with van der Waals surface area (Å²) in [5, 5.41) is 13.0. The highest BCUT2D eigenvalue weighted by Crippen LogP contribution is 2.22. The van der Waals surface area contributed by atoms with E-state index in [1.807, 2.05) is 0 Å². The Morgan fingerprint density at radius 3 is 2.55 bits per heavy atom. The molecule has 110 valence electrons. The maximum Gasteiger partial charge on any atom is 0.393 e. The second-order valence-electron chi connectivity index (χ2n) is 4.02. The number of carbonyl (C=O) groups excluding carboxylic acids is 1. The summed E-state index contributed by atoms with van der Waals surface area (Å²) >= 11 is 0. The predicted octanol–water partition coefficient (Wildman–Crippen LogP) is 2.39. The largest absolute Gasteiger partial charge is 0.481 e. The van der Waals surface area contributed by atoms with Gasteiger partial charge in [0.05, 0.1) is 12.8 Å². The number of amides is 2. The Morgan fingerprint density at radius 1 is 1.25 bits per heavy atom. The number of nitrogens with one attached hydrogen (secondary N) is 2. The zero-order chi connectivity index (χ0) is 15.2. The average Bonchev–Trinajstić information content (AvgIpc) is 2.26. The number of rotatable bonds is 5. The quantitative estimate of drug-likeness (QED) is 0.779. The van der Waals surface area contributed by atoms with Gasteiger partial charge in [-0.3, -0.25) is 4.79 Å². The Balaban J connectivity index is 2.53. The molecule has 1 aromatic carbocycles. The third-order valence-electron chi connectivity index (χ3n) is 2.21. The van der Waals surface area contributed by atoms with E-state index in [1.165, 1.54) is 24.3 Å². The maximum atomic E-state index is 12.2. The van der Waals surface area contributed by atoms with Gasteiger partial charge in [-0.2, -0.15) is 13.2 Å². The Hall–Kier alpha value is -2.25. The Labute approximate surface area is 112 Å². The van der Waals surface area contributed by atoms with Crippen LogP contribution in [0.4, 0.5) is 23.7 Å². The van der Waals surface area contributed by atoms with Crippen molar-refractivity contribution in [2.24, 2.45) is 0 Å². The molecule has 0 spiro atoms. The molecule has 0 aliphatic heterocycles. The van der Waals surface area contributed by atoms with Crippen LogP contribution in [0.1, 0.15) is 12.0 Å². The first kappa shape index (κ1) is 15.8. The van der Waals surface area contributed by atoms with Crippen LogP contribution in [-0.2, 0) is 11.2 Å². The second-order valence-corrected chi connectivity index (χ2v) is 4.02. The van der Waals surface area contributed by atoms with Gasteiger partial charge in [0, 0.05) is 12.2 Å². The van der Waals surface area contributed by atoms with Crippen LogP contribution in [0.3, 0.4) is 0 Å². The molecule has 0 heterocycles. The smallest absolute Gasteiger partial charge is 0.393 e. The van der Waals surface area contributed by atoms with Crippen LogP contribution in [0.15, 0.2) is 24.3 Å². The monoisotopic (exact) mass is 290 g/mol. The van der Waals surface area contributed by atoms with Gasteiger partial charge < -0.3 is 15.7 Å². The minimum absolute atomic E-state index is 0.0286. The molecular formula is C12H13F3N2O3. The number of halogens is 3. The van der Waals surface area contributed by atoms with Crippen LogP contribution in [0.5, 0.6) is 0 Å². The Morgan fingerprint density at radius 2 is 1.95 bits per heavy atom. The Kier molecular flexibility index (Phi) is 5.36. The molecule has 0 aliphatic carbocycles. The SMILES string of the molecule is O=C(O)CCNC(=O)Nc1cccc(CC(F)(F)F)c1. The van der Waals surface area contributed by atoms with E-state index < -0.39 is 24.6 Å². The summed E-state index contributed by atoms with van der Waals surface area (Å²) in [6, 6.07) is 4.69. The van der Waals surface area contributed by atoms with Gasteiger partial charge in [-0.25, -0.2) is 4.79 Å². The number of anilines is 1. The number of benzene rings is 1.